The van der Waals surface area contributed by atoms with Crippen molar-refractivity contribution in [1.29, 1.82) is 0 Å². The van der Waals surface area contributed by atoms with E-state index in [0.717, 1.165) is 49.0 Å². The highest BCUT2D eigenvalue weighted by Gasteiger charge is 2.13. The molecule has 1 N–H and O–H groups in total. The third-order valence-electron chi connectivity index (χ3n) is 5.51. The van der Waals surface area contributed by atoms with Gasteiger partial charge in [-0.1, -0.05) is 45.4 Å². The van der Waals surface area contributed by atoms with E-state index in [1.165, 1.54) is 32.1 Å². The molecule has 1 amide bonds. The van der Waals surface area contributed by atoms with Crippen molar-refractivity contribution in [3.05, 3.63) is 54.1 Å². The van der Waals surface area contributed by atoms with Gasteiger partial charge in [0.1, 0.15) is 11.5 Å². The Kier molecular flexibility index (Phi) is 8.41. The molecule has 3 rings (SSSR count). The van der Waals surface area contributed by atoms with E-state index in [2.05, 4.69) is 12.2 Å². The lowest BCUT2D eigenvalue weighted by Gasteiger charge is -2.21. The van der Waals surface area contributed by atoms with Gasteiger partial charge in [-0.05, 0) is 67.3 Å². The largest absolute Gasteiger partial charge is 0.494 e. The third-order valence-corrected chi connectivity index (χ3v) is 5.51. The summed E-state index contributed by atoms with van der Waals surface area (Å²) in [5.41, 5.74) is 1.37. The van der Waals surface area contributed by atoms with Crippen LogP contribution in [0, 0.1) is 5.92 Å². The molecule has 0 spiro atoms. The number of benzene rings is 2. The lowest BCUT2D eigenvalue weighted by molar-refractivity contribution is 0.102. The van der Waals surface area contributed by atoms with Gasteiger partial charge >= 0.3 is 0 Å². The van der Waals surface area contributed by atoms with Crippen molar-refractivity contribution in [1.82, 2.24) is 0 Å². The first kappa shape index (κ1) is 21.2. The molecular weight excluding hydrogens is 362 g/mol. The minimum absolute atomic E-state index is 0.129. The average molecular weight is 396 g/mol. The van der Waals surface area contributed by atoms with Crippen LogP contribution in [0.5, 0.6) is 11.5 Å². The van der Waals surface area contributed by atoms with Gasteiger partial charge in [0, 0.05) is 11.3 Å². The number of rotatable bonds is 10. The lowest BCUT2D eigenvalue weighted by Crippen LogP contribution is -2.12. The van der Waals surface area contributed by atoms with Crippen molar-refractivity contribution in [3.63, 3.8) is 0 Å². The van der Waals surface area contributed by atoms with Crippen LogP contribution in [0.3, 0.4) is 0 Å². The van der Waals surface area contributed by atoms with Gasteiger partial charge in [0.25, 0.3) is 5.91 Å². The van der Waals surface area contributed by atoms with E-state index < -0.39 is 0 Å². The van der Waals surface area contributed by atoms with E-state index in [-0.39, 0.29) is 5.91 Å². The summed E-state index contributed by atoms with van der Waals surface area (Å²) in [5, 5.41) is 2.93. The van der Waals surface area contributed by atoms with Gasteiger partial charge in [0.15, 0.2) is 0 Å². The van der Waals surface area contributed by atoms with Gasteiger partial charge in [0.05, 0.1) is 13.2 Å². The minimum atomic E-state index is -0.129. The molecular formula is C25H33NO3. The number of amides is 1. The van der Waals surface area contributed by atoms with E-state index in [0.29, 0.717) is 12.2 Å². The first-order valence-corrected chi connectivity index (χ1v) is 11.0. The fraction of sp³-hybridized carbons (Fsp3) is 0.480. The summed E-state index contributed by atoms with van der Waals surface area (Å²) in [4.78, 5) is 12.4. The highest BCUT2D eigenvalue weighted by Crippen LogP contribution is 2.26. The smallest absolute Gasteiger partial charge is 0.255 e. The molecule has 0 radical (unpaired) electrons. The summed E-state index contributed by atoms with van der Waals surface area (Å²) in [6, 6.07) is 14.9. The Balaban J connectivity index is 1.43. The van der Waals surface area contributed by atoms with Gasteiger partial charge in [-0.3, -0.25) is 4.79 Å². The molecule has 156 valence electrons. The highest BCUT2D eigenvalue weighted by molar-refractivity contribution is 6.04. The number of anilines is 1. The van der Waals surface area contributed by atoms with Gasteiger partial charge < -0.3 is 14.8 Å². The van der Waals surface area contributed by atoms with Gasteiger partial charge in [-0.15, -0.1) is 0 Å². The number of hydrogen-bond acceptors (Lipinski definition) is 3. The SMILES string of the molecule is CCCCOc1ccc(C(=O)Nc2ccc(OCCC3CCCCC3)cc2)cc1. The number of carbonyl (C=O) groups is 1. The van der Waals surface area contributed by atoms with Crippen LogP contribution < -0.4 is 14.8 Å². The molecule has 29 heavy (non-hydrogen) atoms. The maximum atomic E-state index is 12.4. The summed E-state index contributed by atoms with van der Waals surface area (Å²) in [7, 11) is 0. The Morgan fingerprint density at radius 1 is 0.897 bits per heavy atom. The van der Waals surface area contributed by atoms with Gasteiger partial charge in [-0.25, -0.2) is 0 Å². The number of hydrogen-bond donors (Lipinski definition) is 1. The Morgan fingerprint density at radius 3 is 2.17 bits per heavy atom. The zero-order chi connectivity index (χ0) is 20.3. The van der Waals surface area contributed by atoms with Crippen LogP contribution in [0.1, 0.15) is 68.6 Å². The summed E-state index contributed by atoms with van der Waals surface area (Å²) >= 11 is 0. The van der Waals surface area contributed by atoms with Crippen LogP contribution in [-0.4, -0.2) is 19.1 Å². The maximum absolute atomic E-state index is 12.4. The van der Waals surface area contributed by atoms with Crippen LogP contribution in [-0.2, 0) is 0 Å². The number of ether oxygens (including phenoxy) is 2. The molecule has 0 unspecified atom stereocenters. The van der Waals surface area contributed by atoms with Crippen molar-refractivity contribution < 1.29 is 14.3 Å². The lowest BCUT2D eigenvalue weighted by atomic mass is 9.87. The molecule has 0 heterocycles. The van der Waals surface area contributed by atoms with Crippen LogP contribution in [0.4, 0.5) is 5.69 Å². The third kappa shape index (κ3) is 7.12. The molecule has 0 bridgehead atoms. The normalized spacial score (nSPS) is 14.4. The maximum Gasteiger partial charge on any atom is 0.255 e. The van der Waals surface area contributed by atoms with Crippen molar-refractivity contribution >= 4 is 11.6 Å². The summed E-state index contributed by atoms with van der Waals surface area (Å²) in [5.74, 6) is 2.35. The topological polar surface area (TPSA) is 47.6 Å². The van der Waals surface area contributed by atoms with Crippen molar-refractivity contribution in [2.24, 2.45) is 5.92 Å². The summed E-state index contributed by atoms with van der Waals surface area (Å²) < 4.78 is 11.5. The Hall–Kier alpha value is -2.49. The number of unbranched alkanes of at least 4 members (excludes halogenated alkanes) is 1. The average Bonchev–Trinajstić information content (AvgIpc) is 2.76. The van der Waals surface area contributed by atoms with E-state index in [1.807, 2.05) is 36.4 Å². The van der Waals surface area contributed by atoms with E-state index in [9.17, 15) is 4.79 Å². The zero-order valence-electron chi connectivity index (χ0n) is 17.5. The summed E-state index contributed by atoms with van der Waals surface area (Å²) in [6.45, 7) is 3.60. The Labute approximate surface area is 174 Å². The van der Waals surface area contributed by atoms with Gasteiger partial charge in [0.2, 0.25) is 0 Å². The number of nitrogens with one attached hydrogen (secondary N) is 1. The first-order chi connectivity index (χ1) is 14.2. The second-order valence-corrected chi connectivity index (χ2v) is 7.85. The molecule has 1 aliphatic carbocycles. The first-order valence-electron chi connectivity index (χ1n) is 11.0. The molecule has 0 atom stereocenters. The molecule has 2 aromatic rings. The van der Waals surface area contributed by atoms with Crippen molar-refractivity contribution in [2.45, 2.75) is 58.3 Å². The molecule has 0 aromatic heterocycles. The Morgan fingerprint density at radius 2 is 1.52 bits per heavy atom. The molecule has 0 saturated heterocycles. The van der Waals surface area contributed by atoms with Crippen LogP contribution >= 0.6 is 0 Å². The van der Waals surface area contributed by atoms with E-state index >= 15 is 0 Å². The minimum Gasteiger partial charge on any atom is -0.494 e. The monoisotopic (exact) mass is 395 g/mol. The van der Waals surface area contributed by atoms with Crippen LogP contribution in [0.2, 0.25) is 0 Å². The molecule has 1 aliphatic rings. The zero-order valence-corrected chi connectivity index (χ0v) is 17.5. The van der Waals surface area contributed by atoms with Crippen molar-refractivity contribution in [3.8, 4) is 11.5 Å². The predicted octanol–water partition coefficient (Wildman–Crippen LogP) is 6.47. The fourth-order valence-electron chi connectivity index (χ4n) is 3.69. The van der Waals surface area contributed by atoms with E-state index in [4.69, 9.17) is 9.47 Å². The van der Waals surface area contributed by atoms with Gasteiger partial charge in [-0.2, -0.15) is 0 Å². The summed E-state index contributed by atoms with van der Waals surface area (Å²) in [6.07, 6.45) is 10.1. The molecule has 4 heteroatoms. The second kappa shape index (κ2) is 11.5. The molecule has 0 aliphatic heterocycles. The Bertz CT molecular complexity index is 734. The molecule has 1 fully saturated rings. The molecule has 2 aromatic carbocycles. The quantitative estimate of drug-likeness (QED) is 0.469. The molecule has 1 saturated carbocycles. The molecule has 4 nitrogen and oxygen atoms in total. The van der Waals surface area contributed by atoms with Crippen LogP contribution in [0.25, 0.3) is 0 Å². The fourth-order valence-corrected chi connectivity index (χ4v) is 3.69. The number of carbonyl (C=O) groups excluding carboxylic acids is 1. The van der Waals surface area contributed by atoms with E-state index in [1.54, 1.807) is 12.1 Å². The second-order valence-electron chi connectivity index (χ2n) is 7.85. The standard InChI is InChI=1S/C25H33NO3/c1-2-3-18-28-23-13-9-21(10-14-23)25(27)26-22-11-15-24(16-12-22)29-19-17-20-7-5-4-6-8-20/h9-16,20H,2-8,17-19H2,1H3,(H,26,27). The predicted molar refractivity (Wildman–Crippen MR) is 118 cm³/mol. The highest BCUT2D eigenvalue weighted by atomic mass is 16.5. The van der Waals surface area contributed by atoms with Crippen molar-refractivity contribution in [2.75, 3.05) is 18.5 Å². The van der Waals surface area contributed by atoms with Crippen LogP contribution in [0.15, 0.2) is 48.5 Å².